The topological polar surface area (TPSA) is 9.23 Å². The SMILES string of the molecule is F/C(Br)=C1\c2ccccc2COc2ccccc21. The van der Waals surface area contributed by atoms with E-state index in [1.54, 1.807) is 0 Å². The predicted molar refractivity (Wildman–Crippen MR) is 73.3 cm³/mol. The monoisotopic (exact) mass is 304 g/mol. The van der Waals surface area contributed by atoms with Gasteiger partial charge in [0.25, 0.3) is 0 Å². The Morgan fingerprint density at radius 3 is 2.44 bits per heavy atom. The van der Waals surface area contributed by atoms with Crippen LogP contribution in [0.15, 0.2) is 53.3 Å². The maximum Gasteiger partial charge on any atom is 0.174 e. The molecule has 0 bridgehead atoms. The second-order valence-corrected chi connectivity index (χ2v) is 4.77. The van der Waals surface area contributed by atoms with Gasteiger partial charge >= 0.3 is 0 Å². The molecule has 1 aliphatic rings. The van der Waals surface area contributed by atoms with Crippen molar-refractivity contribution in [3.8, 4) is 5.75 Å². The lowest BCUT2D eigenvalue weighted by Crippen LogP contribution is -1.94. The van der Waals surface area contributed by atoms with E-state index in [4.69, 9.17) is 4.74 Å². The summed E-state index contributed by atoms with van der Waals surface area (Å²) in [5, 5.41) is 0. The molecule has 0 atom stereocenters. The molecule has 3 heteroatoms. The van der Waals surface area contributed by atoms with Gasteiger partial charge in [-0.25, -0.2) is 0 Å². The van der Waals surface area contributed by atoms with E-state index in [0.717, 1.165) is 16.7 Å². The minimum absolute atomic E-state index is 0.368. The van der Waals surface area contributed by atoms with E-state index in [2.05, 4.69) is 15.9 Å². The molecule has 2 aromatic rings. The van der Waals surface area contributed by atoms with Crippen LogP contribution in [-0.2, 0) is 6.61 Å². The zero-order valence-electron chi connectivity index (χ0n) is 9.49. The van der Waals surface area contributed by atoms with Gasteiger partial charge in [-0.1, -0.05) is 42.5 Å². The molecular weight excluding hydrogens is 295 g/mol. The average Bonchev–Trinajstić information content (AvgIpc) is 2.55. The second-order valence-electron chi connectivity index (χ2n) is 4.08. The summed E-state index contributed by atoms with van der Waals surface area (Å²) in [7, 11) is 0. The van der Waals surface area contributed by atoms with E-state index in [-0.39, 0.29) is 4.74 Å². The van der Waals surface area contributed by atoms with Gasteiger partial charge in [-0.2, -0.15) is 4.39 Å². The number of hydrogen-bond acceptors (Lipinski definition) is 1. The number of rotatable bonds is 0. The predicted octanol–water partition coefficient (Wildman–Crippen LogP) is 4.66. The van der Waals surface area contributed by atoms with Gasteiger partial charge in [0.05, 0.1) is 0 Å². The van der Waals surface area contributed by atoms with Crippen LogP contribution in [0, 0.1) is 0 Å². The van der Waals surface area contributed by atoms with Crippen molar-refractivity contribution in [1.29, 1.82) is 0 Å². The van der Waals surface area contributed by atoms with Gasteiger partial charge in [0.1, 0.15) is 12.4 Å². The molecule has 1 aliphatic heterocycles. The summed E-state index contributed by atoms with van der Waals surface area (Å²) in [5.41, 5.74) is 3.19. The summed E-state index contributed by atoms with van der Waals surface area (Å²) >= 11 is 2.97. The van der Waals surface area contributed by atoms with Crippen molar-refractivity contribution in [2.24, 2.45) is 0 Å². The quantitative estimate of drug-likeness (QED) is 0.688. The van der Waals surface area contributed by atoms with Crippen LogP contribution in [-0.4, -0.2) is 0 Å². The lowest BCUT2D eigenvalue weighted by molar-refractivity contribution is 0.307. The summed E-state index contributed by atoms with van der Waals surface area (Å²) in [4.78, 5) is 0. The highest BCUT2D eigenvalue weighted by Gasteiger charge is 2.21. The Morgan fingerprint density at radius 2 is 1.67 bits per heavy atom. The molecule has 0 radical (unpaired) electrons. The molecule has 0 saturated heterocycles. The fourth-order valence-electron chi connectivity index (χ4n) is 2.19. The van der Waals surface area contributed by atoms with E-state index >= 15 is 0 Å². The maximum atomic E-state index is 13.9. The summed E-state index contributed by atoms with van der Waals surface area (Å²) in [6, 6.07) is 15.2. The van der Waals surface area contributed by atoms with Crippen LogP contribution in [0.2, 0.25) is 0 Å². The Bertz CT molecular complexity index is 580. The van der Waals surface area contributed by atoms with Crippen LogP contribution in [0.3, 0.4) is 0 Å². The third kappa shape index (κ3) is 1.85. The number of halogens is 2. The smallest absolute Gasteiger partial charge is 0.174 e. The van der Waals surface area contributed by atoms with Crippen LogP contribution in [0.5, 0.6) is 5.75 Å². The van der Waals surface area contributed by atoms with Crippen molar-refractivity contribution in [3.05, 3.63) is 70.0 Å². The summed E-state index contributed by atoms with van der Waals surface area (Å²) in [5.74, 6) is 0.707. The van der Waals surface area contributed by atoms with Crippen LogP contribution in [0.1, 0.15) is 16.7 Å². The molecule has 0 aromatic heterocycles. The van der Waals surface area contributed by atoms with Crippen molar-refractivity contribution in [2.75, 3.05) is 0 Å². The van der Waals surface area contributed by atoms with Gasteiger partial charge in [0.15, 0.2) is 4.74 Å². The first-order valence-corrected chi connectivity index (χ1v) is 6.42. The minimum Gasteiger partial charge on any atom is -0.488 e. The highest BCUT2D eigenvalue weighted by molar-refractivity contribution is 9.11. The largest absolute Gasteiger partial charge is 0.488 e. The van der Waals surface area contributed by atoms with Crippen molar-refractivity contribution >= 4 is 21.5 Å². The van der Waals surface area contributed by atoms with Crippen LogP contribution < -0.4 is 4.74 Å². The van der Waals surface area contributed by atoms with E-state index in [1.165, 1.54) is 0 Å². The number of benzene rings is 2. The molecule has 0 fully saturated rings. The van der Waals surface area contributed by atoms with Crippen molar-refractivity contribution in [3.63, 3.8) is 0 Å². The van der Waals surface area contributed by atoms with Gasteiger partial charge in [-0.15, -0.1) is 0 Å². The standard InChI is InChI=1S/C15H10BrFO/c16-15(17)14-11-6-2-1-5-10(11)9-18-13-8-4-3-7-12(13)14/h1-8H,9H2/b15-14+. The number of fused-ring (bicyclic) bond motifs is 2. The molecule has 1 heterocycles. The minimum atomic E-state index is -0.368. The van der Waals surface area contributed by atoms with E-state index in [1.807, 2.05) is 48.5 Å². The third-order valence-corrected chi connectivity index (χ3v) is 3.41. The van der Waals surface area contributed by atoms with Gasteiger partial charge < -0.3 is 4.74 Å². The number of ether oxygens (including phenoxy) is 1. The Labute approximate surface area is 113 Å². The summed E-state index contributed by atoms with van der Waals surface area (Å²) < 4.78 is 19.2. The number of hydrogen-bond donors (Lipinski definition) is 0. The Hall–Kier alpha value is -1.61. The molecule has 0 unspecified atom stereocenters. The van der Waals surface area contributed by atoms with Gasteiger partial charge in [-0.05, 0) is 33.1 Å². The molecule has 1 nitrogen and oxygen atoms in total. The lowest BCUT2D eigenvalue weighted by Gasteiger charge is -2.09. The Kier molecular flexibility index (Phi) is 2.92. The third-order valence-electron chi connectivity index (χ3n) is 3.02. The molecule has 2 aromatic carbocycles. The van der Waals surface area contributed by atoms with Gasteiger partial charge in [-0.3, -0.25) is 0 Å². The first-order chi connectivity index (χ1) is 8.77. The van der Waals surface area contributed by atoms with Crippen molar-refractivity contribution < 1.29 is 9.13 Å². The molecule has 90 valence electrons. The highest BCUT2D eigenvalue weighted by atomic mass is 79.9. The summed E-state index contributed by atoms with van der Waals surface area (Å²) in [6.07, 6.45) is 0. The van der Waals surface area contributed by atoms with E-state index in [0.29, 0.717) is 17.9 Å². The van der Waals surface area contributed by atoms with Crippen LogP contribution >= 0.6 is 15.9 Å². The molecule has 0 saturated carbocycles. The molecule has 0 aliphatic carbocycles. The highest BCUT2D eigenvalue weighted by Crippen LogP contribution is 2.39. The van der Waals surface area contributed by atoms with E-state index in [9.17, 15) is 4.39 Å². The fraction of sp³-hybridized carbons (Fsp3) is 0.0667. The van der Waals surface area contributed by atoms with Gasteiger partial charge in [0, 0.05) is 11.1 Å². The normalized spacial score (nSPS) is 16.1. The molecule has 3 rings (SSSR count). The van der Waals surface area contributed by atoms with Crippen LogP contribution in [0.4, 0.5) is 4.39 Å². The average molecular weight is 305 g/mol. The maximum absolute atomic E-state index is 13.9. The van der Waals surface area contributed by atoms with Gasteiger partial charge in [0.2, 0.25) is 0 Å². The fourth-order valence-corrected chi connectivity index (χ4v) is 2.62. The zero-order chi connectivity index (χ0) is 12.5. The number of para-hydroxylation sites is 1. The van der Waals surface area contributed by atoms with Crippen molar-refractivity contribution in [1.82, 2.24) is 0 Å². The van der Waals surface area contributed by atoms with Crippen LogP contribution in [0.25, 0.3) is 5.57 Å². The van der Waals surface area contributed by atoms with Crippen molar-refractivity contribution in [2.45, 2.75) is 6.61 Å². The molecule has 0 amide bonds. The molecule has 18 heavy (non-hydrogen) atoms. The first kappa shape index (κ1) is 11.5. The second kappa shape index (κ2) is 4.58. The van der Waals surface area contributed by atoms with E-state index < -0.39 is 0 Å². The lowest BCUT2D eigenvalue weighted by atomic mass is 9.96. The Morgan fingerprint density at radius 1 is 1.00 bits per heavy atom. The Balaban J connectivity index is 2.32. The zero-order valence-corrected chi connectivity index (χ0v) is 11.1. The molecule has 0 spiro atoms. The summed E-state index contributed by atoms with van der Waals surface area (Å²) in [6.45, 7) is 0.455. The first-order valence-electron chi connectivity index (χ1n) is 5.63. The molecule has 0 N–H and O–H groups in total. The molecular formula is C15H10BrFO.